The van der Waals surface area contributed by atoms with Gasteiger partial charge in [0.05, 0.1) is 11.4 Å². The summed E-state index contributed by atoms with van der Waals surface area (Å²) >= 11 is 0. The number of anilines is 1. The molecule has 0 saturated carbocycles. The summed E-state index contributed by atoms with van der Waals surface area (Å²) in [6, 6.07) is 12.7. The summed E-state index contributed by atoms with van der Waals surface area (Å²) < 4.78 is 18.5. The highest BCUT2D eigenvalue weighted by molar-refractivity contribution is 5.94. The molecule has 0 aliphatic carbocycles. The number of hydrogen-bond donors (Lipinski definition) is 1. The zero-order chi connectivity index (χ0) is 21.1. The summed E-state index contributed by atoms with van der Waals surface area (Å²) in [7, 11) is 0. The third kappa shape index (κ3) is 4.22. The molecule has 7 nitrogen and oxygen atoms in total. The third-order valence-corrected chi connectivity index (χ3v) is 5.16. The number of aromatic nitrogens is 2. The summed E-state index contributed by atoms with van der Waals surface area (Å²) in [5.74, 6) is -0.792. The van der Waals surface area contributed by atoms with E-state index in [1.54, 1.807) is 4.90 Å². The third-order valence-electron chi connectivity index (χ3n) is 5.16. The normalized spacial score (nSPS) is 16.4. The number of piperidine rings is 1. The molecular formula is C22H21FN4O3. The van der Waals surface area contributed by atoms with Crippen molar-refractivity contribution >= 4 is 28.6 Å². The van der Waals surface area contributed by atoms with Gasteiger partial charge in [0.1, 0.15) is 11.6 Å². The summed E-state index contributed by atoms with van der Waals surface area (Å²) in [6.45, 7) is 0.719. The molecular weight excluding hydrogens is 387 g/mol. The molecule has 1 fully saturated rings. The van der Waals surface area contributed by atoms with E-state index in [0.29, 0.717) is 42.1 Å². The Labute approximate surface area is 172 Å². The summed E-state index contributed by atoms with van der Waals surface area (Å²) in [5.41, 5.74) is 7.04. The van der Waals surface area contributed by atoms with Crippen molar-refractivity contribution in [3.05, 3.63) is 65.7 Å². The lowest BCUT2D eigenvalue weighted by molar-refractivity contribution is -0.151. The number of nitrogens with zero attached hydrogens (tertiary/aromatic N) is 3. The maximum Gasteiger partial charge on any atom is 0.311 e. The first-order valence-corrected chi connectivity index (χ1v) is 9.74. The fourth-order valence-corrected chi connectivity index (χ4v) is 3.60. The van der Waals surface area contributed by atoms with Gasteiger partial charge in [0.2, 0.25) is 0 Å². The van der Waals surface area contributed by atoms with Gasteiger partial charge in [0, 0.05) is 24.0 Å². The number of ether oxygens (including phenoxy) is 1. The second-order valence-corrected chi connectivity index (χ2v) is 7.25. The van der Waals surface area contributed by atoms with E-state index in [0.717, 1.165) is 5.39 Å². The number of halogens is 1. The van der Waals surface area contributed by atoms with Crippen LogP contribution >= 0.6 is 0 Å². The van der Waals surface area contributed by atoms with Gasteiger partial charge in [-0.05, 0) is 49.2 Å². The molecule has 0 radical (unpaired) electrons. The van der Waals surface area contributed by atoms with E-state index >= 15 is 0 Å². The number of esters is 1. The Balaban J connectivity index is 1.39. The van der Waals surface area contributed by atoms with Crippen LogP contribution in [-0.2, 0) is 16.1 Å². The predicted octanol–water partition coefficient (Wildman–Crippen LogP) is 2.95. The Morgan fingerprint density at radius 1 is 1.13 bits per heavy atom. The number of nitrogens with two attached hydrogens (primary N) is 1. The van der Waals surface area contributed by atoms with Gasteiger partial charge in [-0.3, -0.25) is 9.59 Å². The van der Waals surface area contributed by atoms with Crippen molar-refractivity contribution in [2.24, 2.45) is 5.92 Å². The van der Waals surface area contributed by atoms with Crippen molar-refractivity contribution in [3.63, 3.8) is 0 Å². The molecule has 30 heavy (non-hydrogen) atoms. The lowest BCUT2D eigenvalue weighted by atomic mass is 9.97. The zero-order valence-corrected chi connectivity index (χ0v) is 16.3. The Morgan fingerprint density at radius 2 is 1.90 bits per heavy atom. The monoisotopic (exact) mass is 408 g/mol. The van der Waals surface area contributed by atoms with Gasteiger partial charge in [-0.2, -0.15) is 0 Å². The number of carbonyl (C=O) groups is 2. The average Bonchev–Trinajstić information content (AvgIpc) is 2.77. The Bertz CT molecular complexity index is 1090. The molecule has 3 aromatic rings. The van der Waals surface area contributed by atoms with Crippen LogP contribution in [0.25, 0.3) is 10.9 Å². The Hall–Kier alpha value is -3.55. The van der Waals surface area contributed by atoms with Crippen LogP contribution in [0.5, 0.6) is 0 Å². The molecule has 1 amide bonds. The van der Waals surface area contributed by atoms with Crippen LogP contribution in [0.1, 0.15) is 29.0 Å². The minimum absolute atomic E-state index is 0.0870. The topological polar surface area (TPSA) is 98.4 Å². The smallest absolute Gasteiger partial charge is 0.311 e. The largest absolute Gasteiger partial charge is 0.457 e. The number of fused-ring (bicyclic) bond motifs is 1. The molecule has 2 heterocycles. The summed E-state index contributed by atoms with van der Waals surface area (Å²) in [6.07, 6.45) is 1.32. The fraction of sp³-hybridized carbons (Fsp3) is 0.273. The van der Waals surface area contributed by atoms with Crippen molar-refractivity contribution in [2.45, 2.75) is 19.4 Å². The molecule has 1 saturated heterocycles. The Morgan fingerprint density at radius 3 is 2.70 bits per heavy atom. The quantitative estimate of drug-likeness (QED) is 0.667. The number of para-hydroxylation sites is 1. The van der Waals surface area contributed by atoms with Gasteiger partial charge in [0.25, 0.3) is 5.91 Å². The highest BCUT2D eigenvalue weighted by Crippen LogP contribution is 2.21. The molecule has 1 atom stereocenters. The van der Waals surface area contributed by atoms with Gasteiger partial charge >= 0.3 is 5.97 Å². The molecule has 1 aromatic heterocycles. The molecule has 0 bridgehead atoms. The highest BCUT2D eigenvalue weighted by atomic mass is 19.1. The first-order valence-electron chi connectivity index (χ1n) is 9.74. The van der Waals surface area contributed by atoms with Gasteiger partial charge in [-0.15, -0.1) is 0 Å². The van der Waals surface area contributed by atoms with Crippen LogP contribution < -0.4 is 5.73 Å². The lowest BCUT2D eigenvalue weighted by Gasteiger charge is -2.31. The summed E-state index contributed by atoms with van der Waals surface area (Å²) in [5, 5.41) is 0.745. The molecule has 1 unspecified atom stereocenters. The minimum Gasteiger partial charge on any atom is -0.457 e. The van der Waals surface area contributed by atoms with E-state index < -0.39 is 17.7 Å². The van der Waals surface area contributed by atoms with E-state index in [9.17, 15) is 14.0 Å². The number of amides is 1. The van der Waals surface area contributed by atoms with Gasteiger partial charge in [-0.1, -0.05) is 12.1 Å². The molecule has 1 aliphatic rings. The standard InChI is InChI=1S/C22H21FN4O3/c23-16-9-7-14(8-10-16)21(28)27-11-3-4-15(12-27)22(29)30-13-19-25-18-6-2-1-5-17(18)20(24)26-19/h1-2,5-10,15H,3-4,11-13H2,(H2,24,25,26). The van der Waals surface area contributed by atoms with E-state index in [2.05, 4.69) is 9.97 Å². The number of hydrogen-bond acceptors (Lipinski definition) is 6. The molecule has 2 aromatic carbocycles. The highest BCUT2D eigenvalue weighted by Gasteiger charge is 2.30. The number of nitrogen functional groups attached to an aromatic ring is 1. The average molecular weight is 408 g/mol. The van der Waals surface area contributed by atoms with Crippen LogP contribution in [0.15, 0.2) is 48.5 Å². The predicted molar refractivity (Wildman–Crippen MR) is 109 cm³/mol. The first-order chi connectivity index (χ1) is 14.5. The number of benzene rings is 2. The van der Waals surface area contributed by atoms with Crippen LogP contribution in [-0.4, -0.2) is 39.8 Å². The molecule has 0 spiro atoms. The van der Waals surface area contributed by atoms with E-state index in [4.69, 9.17) is 10.5 Å². The van der Waals surface area contributed by atoms with Crippen molar-refractivity contribution in [1.29, 1.82) is 0 Å². The van der Waals surface area contributed by atoms with E-state index in [1.807, 2.05) is 24.3 Å². The molecule has 4 rings (SSSR count). The van der Waals surface area contributed by atoms with Gasteiger partial charge in [-0.25, -0.2) is 14.4 Å². The van der Waals surface area contributed by atoms with Crippen LogP contribution in [0.3, 0.4) is 0 Å². The number of likely N-dealkylation sites (tertiary alicyclic amines) is 1. The summed E-state index contributed by atoms with van der Waals surface area (Å²) in [4.78, 5) is 35.4. The zero-order valence-electron chi connectivity index (χ0n) is 16.3. The van der Waals surface area contributed by atoms with Crippen LogP contribution in [0.4, 0.5) is 10.2 Å². The van der Waals surface area contributed by atoms with Crippen LogP contribution in [0, 0.1) is 11.7 Å². The Kier molecular flexibility index (Phi) is 5.56. The second-order valence-electron chi connectivity index (χ2n) is 7.25. The van der Waals surface area contributed by atoms with Crippen molar-refractivity contribution in [3.8, 4) is 0 Å². The molecule has 1 aliphatic heterocycles. The fourth-order valence-electron chi connectivity index (χ4n) is 3.60. The SMILES string of the molecule is Nc1nc(COC(=O)C2CCCN(C(=O)c3ccc(F)cc3)C2)nc2ccccc12. The number of carbonyl (C=O) groups excluding carboxylic acids is 2. The van der Waals surface area contributed by atoms with Crippen molar-refractivity contribution in [2.75, 3.05) is 18.8 Å². The lowest BCUT2D eigenvalue weighted by Crippen LogP contribution is -2.42. The van der Waals surface area contributed by atoms with Gasteiger partial charge < -0.3 is 15.4 Å². The maximum absolute atomic E-state index is 13.1. The van der Waals surface area contributed by atoms with Crippen molar-refractivity contribution in [1.82, 2.24) is 14.9 Å². The molecule has 154 valence electrons. The maximum atomic E-state index is 13.1. The van der Waals surface area contributed by atoms with E-state index in [-0.39, 0.29) is 19.1 Å². The van der Waals surface area contributed by atoms with Gasteiger partial charge in [0.15, 0.2) is 12.4 Å². The minimum atomic E-state index is -0.430. The molecule has 2 N–H and O–H groups in total. The molecule has 8 heteroatoms. The van der Waals surface area contributed by atoms with Crippen LogP contribution in [0.2, 0.25) is 0 Å². The number of rotatable bonds is 4. The second kappa shape index (κ2) is 8.44. The first kappa shape index (κ1) is 19.8. The van der Waals surface area contributed by atoms with Crippen molar-refractivity contribution < 1.29 is 18.7 Å². The van der Waals surface area contributed by atoms with E-state index in [1.165, 1.54) is 24.3 Å².